The average molecular weight is 1100 g/mol. The Morgan fingerprint density at radius 1 is 0.380 bits per heavy atom. The zero-order chi connectivity index (χ0) is 48.2. The van der Waals surface area contributed by atoms with E-state index in [1.165, 1.54) is 98.8 Å². The van der Waals surface area contributed by atoms with E-state index in [4.69, 9.17) is 9.97 Å². The van der Waals surface area contributed by atoms with Crippen molar-refractivity contribution in [2.24, 2.45) is 0 Å². The van der Waals surface area contributed by atoms with Crippen LogP contribution in [0.4, 0.5) is 0 Å². The fourth-order valence-electron chi connectivity index (χ4n) is 11.7. The number of benzene rings is 8. The van der Waals surface area contributed by atoms with Crippen LogP contribution in [0, 0.1) is 12.1 Å². The van der Waals surface area contributed by atoms with Gasteiger partial charge in [0, 0.05) is 12.4 Å². The van der Waals surface area contributed by atoms with Gasteiger partial charge < -0.3 is 9.97 Å². The predicted molar refractivity (Wildman–Crippen MR) is 301 cm³/mol. The van der Waals surface area contributed by atoms with E-state index >= 15 is 0 Å². The molecular formula is C66H58B2N2Pt. The van der Waals surface area contributed by atoms with Gasteiger partial charge in [0.1, 0.15) is 0 Å². The molecule has 0 saturated heterocycles. The van der Waals surface area contributed by atoms with Gasteiger partial charge >= 0.3 is 21.1 Å². The molecule has 2 nitrogen and oxygen atoms in total. The molecular weight excluding hydrogens is 1040 g/mol. The largest absolute Gasteiger partial charge is 2.00 e. The molecule has 0 fully saturated rings. The summed E-state index contributed by atoms with van der Waals surface area (Å²) < 4.78 is 0. The molecule has 71 heavy (non-hydrogen) atoms. The third-order valence-corrected chi connectivity index (χ3v) is 15.0. The first-order valence-corrected chi connectivity index (χ1v) is 25.3. The van der Waals surface area contributed by atoms with Crippen LogP contribution in [-0.4, -0.2) is 23.4 Å². The van der Waals surface area contributed by atoms with Crippen molar-refractivity contribution in [3.05, 3.63) is 217 Å². The number of hydrogen-bond donors (Lipinski definition) is 0. The Kier molecular flexibility index (Phi) is 13.5. The van der Waals surface area contributed by atoms with Crippen LogP contribution in [-0.2, 0) is 21.1 Å². The second-order valence-corrected chi connectivity index (χ2v) is 20.6. The van der Waals surface area contributed by atoms with Gasteiger partial charge in [0.05, 0.1) is 0 Å². The molecule has 0 amide bonds. The van der Waals surface area contributed by atoms with E-state index < -0.39 is 0 Å². The van der Waals surface area contributed by atoms with Crippen LogP contribution in [0.3, 0.4) is 0 Å². The van der Waals surface area contributed by atoms with Crippen LogP contribution in [0.1, 0.15) is 101 Å². The number of rotatable bonds is 8. The fraction of sp³-hybridized carbons (Fsp3) is 0.182. The smallest absolute Gasteiger partial charge is 0.305 e. The Morgan fingerprint density at radius 2 is 0.732 bits per heavy atom. The fourth-order valence-corrected chi connectivity index (χ4v) is 11.7. The van der Waals surface area contributed by atoms with E-state index in [9.17, 15) is 0 Å². The van der Waals surface area contributed by atoms with Crippen molar-refractivity contribution in [1.29, 1.82) is 0 Å². The van der Waals surface area contributed by atoms with Crippen LogP contribution >= 0.6 is 0 Å². The first-order valence-electron chi connectivity index (χ1n) is 25.3. The van der Waals surface area contributed by atoms with Crippen molar-refractivity contribution >= 4 is 67.7 Å². The SMILES string of the molecule is CC(C)c1cccc(C(C)C)c1B1c2cc(-c3cccc4ccccc34)c[c-]c2-c2ncccc21.CC(C)c1cccc(C(C)C)c1B1c2cc(-c3cccc4ccccc34)c[c-]c2-c2ncccc21.[Pt+2]. The van der Waals surface area contributed by atoms with Crippen LogP contribution in [0.2, 0.25) is 0 Å². The summed E-state index contributed by atoms with van der Waals surface area (Å²) in [5.74, 6) is 1.77. The molecule has 0 aliphatic carbocycles. The van der Waals surface area contributed by atoms with Crippen LogP contribution in [0.25, 0.3) is 66.3 Å². The van der Waals surface area contributed by atoms with Gasteiger partial charge in [0.2, 0.25) is 0 Å². The quantitative estimate of drug-likeness (QED) is 0.112. The summed E-state index contributed by atoms with van der Waals surface area (Å²) >= 11 is 0. The minimum Gasteiger partial charge on any atom is -0.305 e. The molecule has 12 rings (SSSR count). The summed E-state index contributed by atoms with van der Waals surface area (Å²) in [5, 5.41) is 5.08. The Labute approximate surface area is 436 Å². The van der Waals surface area contributed by atoms with Gasteiger partial charge in [0.25, 0.3) is 0 Å². The zero-order valence-corrected chi connectivity index (χ0v) is 44.3. The maximum absolute atomic E-state index is 4.85. The molecule has 2 aliphatic heterocycles. The van der Waals surface area contributed by atoms with E-state index in [1.54, 1.807) is 0 Å². The van der Waals surface area contributed by atoms with Crippen molar-refractivity contribution in [3.8, 4) is 44.8 Å². The predicted octanol–water partition coefficient (Wildman–Crippen LogP) is 12.9. The molecule has 2 aromatic heterocycles. The normalized spacial score (nSPS) is 12.3. The van der Waals surface area contributed by atoms with Crippen molar-refractivity contribution in [2.75, 3.05) is 0 Å². The molecule has 0 saturated carbocycles. The Morgan fingerprint density at radius 3 is 1.11 bits per heavy atom. The Bertz CT molecular complexity index is 3310. The van der Waals surface area contributed by atoms with E-state index in [-0.39, 0.29) is 34.5 Å². The molecule has 0 atom stereocenters. The standard InChI is InChI=1S/2C33H29BN.Pt/c2*1-21(2)25-13-8-14-26(22(3)4)32(25)34-30-16-9-19-35-33(30)29-18-17-24(20-31(29)34)28-15-7-11-23-10-5-6-12-27(23)28;/h2*5-17,19-22H,1-4H3;/q2*-1;+2. The van der Waals surface area contributed by atoms with Crippen LogP contribution in [0.5, 0.6) is 0 Å². The summed E-state index contributed by atoms with van der Waals surface area (Å²) in [4.78, 5) is 9.69. The van der Waals surface area contributed by atoms with Gasteiger partial charge in [0.15, 0.2) is 13.4 Å². The molecule has 348 valence electrons. The molecule has 0 spiro atoms. The number of aromatic nitrogens is 2. The van der Waals surface area contributed by atoms with Gasteiger partial charge in [-0.05, 0) is 68.7 Å². The first kappa shape index (κ1) is 48.0. The minimum atomic E-state index is 0. The number of hydrogen-bond acceptors (Lipinski definition) is 2. The summed E-state index contributed by atoms with van der Waals surface area (Å²) in [6.07, 6.45) is 3.82. The summed E-state index contributed by atoms with van der Waals surface area (Å²) in [6.45, 7) is 18.8. The van der Waals surface area contributed by atoms with Gasteiger partial charge in [-0.3, -0.25) is 0 Å². The second kappa shape index (κ2) is 19.9. The maximum atomic E-state index is 4.85. The van der Waals surface area contributed by atoms with E-state index in [0.717, 1.165) is 22.5 Å². The third-order valence-electron chi connectivity index (χ3n) is 15.0. The van der Waals surface area contributed by atoms with E-state index in [0.29, 0.717) is 23.7 Å². The summed E-state index contributed by atoms with van der Waals surface area (Å²) in [5.41, 5.74) is 23.2. The third kappa shape index (κ3) is 8.53. The molecule has 0 bridgehead atoms. The van der Waals surface area contributed by atoms with Gasteiger partial charge in [-0.15, -0.1) is 58.5 Å². The van der Waals surface area contributed by atoms with Crippen molar-refractivity contribution in [1.82, 2.24) is 9.97 Å². The van der Waals surface area contributed by atoms with E-state index in [2.05, 4.69) is 237 Å². The molecule has 8 aromatic carbocycles. The monoisotopic (exact) mass is 1100 g/mol. The molecule has 0 radical (unpaired) electrons. The van der Waals surface area contributed by atoms with Gasteiger partial charge in [-0.1, -0.05) is 255 Å². The van der Waals surface area contributed by atoms with E-state index in [1.807, 2.05) is 12.4 Å². The molecule has 4 heterocycles. The summed E-state index contributed by atoms with van der Waals surface area (Å²) in [7, 11) is 0. The number of nitrogens with zero attached hydrogens (tertiary/aromatic N) is 2. The maximum Gasteiger partial charge on any atom is 2.00 e. The molecule has 10 aromatic rings. The van der Waals surface area contributed by atoms with Crippen LogP contribution < -0.4 is 32.8 Å². The average Bonchev–Trinajstić information content (AvgIpc) is 3.89. The molecule has 0 N–H and O–H groups in total. The van der Waals surface area contributed by atoms with Gasteiger partial charge in [-0.2, -0.15) is 0 Å². The van der Waals surface area contributed by atoms with Gasteiger partial charge in [-0.25, -0.2) is 0 Å². The zero-order valence-electron chi connectivity index (χ0n) is 42.0. The molecule has 0 unspecified atom stereocenters. The molecule has 2 aliphatic rings. The Hall–Kier alpha value is -6.60. The topological polar surface area (TPSA) is 25.8 Å². The van der Waals surface area contributed by atoms with Crippen LogP contribution in [0.15, 0.2) is 182 Å². The second-order valence-electron chi connectivity index (χ2n) is 20.6. The minimum absolute atomic E-state index is 0. The Balaban J connectivity index is 0.000000162. The number of pyridine rings is 2. The molecule has 5 heteroatoms. The summed E-state index contributed by atoms with van der Waals surface area (Å²) in [6, 6.07) is 69.3. The number of fused-ring (bicyclic) bond motifs is 8. The van der Waals surface area contributed by atoms with Crippen molar-refractivity contribution in [2.45, 2.75) is 79.1 Å². The first-order chi connectivity index (χ1) is 34.1. The van der Waals surface area contributed by atoms with Crippen molar-refractivity contribution in [3.63, 3.8) is 0 Å². The van der Waals surface area contributed by atoms with Crippen molar-refractivity contribution < 1.29 is 21.1 Å².